The number of amides is 1. The van der Waals surface area contributed by atoms with E-state index in [0.717, 1.165) is 0 Å². The first-order valence-corrected chi connectivity index (χ1v) is 5.89. The van der Waals surface area contributed by atoms with E-state index in [9.17, 15) is 4.79 Å². The molecule has 100 valence electrons. The summed E-state index contributed by atoms with van der Waals surface area (Å²) in [5, 5.41) is 3.10. The van der Waals surface area contributed by atoms with Gasteiger partial charge >= 0.3 is 0 Å². The van der Waals surface area contributed by atoms with E-state index in [1.54, 1.807) is 12.1 Å². The van der Waals surface area contributed by atoms with E-state index < -0.39 is 6.04 Å². The minimum absolute atomic E-state index is 0.278. The number of hydrogen-bond acceptors (Lipinski definition) is 4. The molecule has 5 nitrogen and oxygen atoms in total. The topological polar surface area (TPSA) is 73.6 Å². The number of hydrogen-bond donors (Lipinski definition) is 2. The molecule has 0 spiro atoms. The Morgan fingerprint density at radius 1 is 1.39 bits per heavy atom. The van der Waals surface area contributed by atoms with Crippen molar-refractivity contribution in [1.29, 1.82) is 0 Å². The SMILES string of the molecule is CC[C@@H](N)C(=O)Nc1cc(OC)c(Cl)cc1OC. The molecule has 6 heteroatoms. The van der Waals surface area contributed by atoms with Gasteiger partial charge in [-0.15, -0.1) is 0 Å². The Kier molecular flexibility index (Phi) is 5.25. The average molecular weight is 273 g/mol. The Morgan fingerprint density at radius 2 is 2.00 bits per heavy atom. The molecule has 1 atom stereocenters. The summed E-state index contributed by atoms with van der Waals surface area (Å²) in [7, 11) is 2.99. The van der Waals surface area contributed by atoms with Crippen molar-refractivity contribution in [1.82, 2.24) is 0 Å². The molecule has 0 unspecified atom stereocenters. The van der Waals surface area contributed by atoms with Crippen LogP contribution in [-0.2, 0) is 4.79 Å². The van der Waals surface area contributed by atoms with Gasteiger partial charge in [-0.3, -0.25) is 4.79 Å². The fourth-order valence-electron chi connectivity index (χ4n) is 1.37. The standard InChI is InChI=1S/C12H17ClN2O3/c1-4-8(14)12(16)15-9-6-10(17-2)7(13)5-11(9)18-3/h5-6,8H,4,14H2,1-3H3,(H,15,16)/t8-/m1/s1. The van der Waals surface area contributed by atoms with Crippen molar-refractivity contribution in [3.8, 4) is 11.5 Å². The van der Waals surface area contributed by atoms with Gasteiger partial charge in [-0.25, -0.2) is 0 Å². The molecule has 0 aromatic heterocycles. The third-order valence-electron chi connectivity index (χ3n) is 2.51. The van der Waals surface area contributed by atoms with Crippen molar-refractivity contribution < 1.29 is 14.3 Å². The molecule has 1 aromatic carbocycles. The van der Waals surface area contributed by atoms with Crippen molar-refractivity contribution in [2.75, 3.05) is 19.5 Å². The maximum atomic E-state index is 11.7. The van der Waals surface area contributed by atoms with E-state index in [4.69, 9.17) is 26.8 Å². The Labute approximate surface area is 111 Å². The molecule has 0 heterocycles. The summed E-state index contributed by atoms with van der Waals surface area (Å²) in [4.78, 5) is 11.7. The lowest BCUT2D eigenvalue weighted by molar-refractivity contribution is -0.117. The summed E-state index contributed by atoms with van der Waals surface area (Å²) >= 11 is 5.96. The zero-order chi connectivity index (χ0) is 13.7. The molecule has 1 aromatic rings. The lowest BCUT2D eigenvalue weighted by atomic mass is 10.2. The van der Waals surface area contributed by atoms with Crippen LogP contribution in [0.15, 0.2) is 12.1 Å². The van der Waals surface area contributed by atoms with Crippen molar-refractivity contribution in [3.63, 3.8) is 0 Å². The predicted octanol–water partition coefficient (Wildman–Crippen LogP) is 2.03. The molecule has 0 saturated heterocycles. The van der Waals surface area contributed by atoms with Crippen molar-refractivity contribution >= 4 is 23.2 Å². The van der Waals surface area contributed by atoms with Crippen LogP contribution in [0.25, 0.3) is 0 Å². The third-order valence-corrected chi connectivity index (χ3v) is 2.80. The molecule has 0 aliphatic heterocycles. The first kappa shape index (κ1) is 14.6. The van der Waals surface area contributed by atoms with Crippen LogP contribution >= 0.6 is 11.6 Å². The Hall–Kier alpha value is -1.46. The minimum atomic E-state index is -0.559. The molecule has 3 N–H and O–H groups in total. The van der Waals surface area contributed by atoms with Gasteiger partial charge in [0.25, 0.3) is 0 Å². The molecule has 0 aliphatic rings. The first-order valence-electron chi connectivity index (χ1n) is 5.51. The zero-order valence-corrected chi connectivity index (χ0v) is 11.4. The largest absolute Gasteiger partial charge is 0.495 e. The lowest BCUT2D eigenvalue weighted by Gasteiger charge is -2.15. The second kappa shape index (κ2) is 6.47. The van der Waals surface area contributed by atoms with E-state index in [1.165, 1.54) is 14.2 Å². The highest BCUT2D eigenvalue weighted by atomic mass is 35.5. The van der Waals surface area contributed by atoms with Crippen LogP contribution in [0.5, 0.6) is 11.5 Å². The number of carbonyl (C=O) groups excluding carboxylic acids is 1. The summed E-state index contributed by atoms with van der Waals surface area (Å²) in [6.07, 6.45) is 0.554. The monoisotopic (exact) mass is 272 g/mol. The molecule has 0 saturated carbocycles. The van der Waals surface area contributed by atoms with Gasteiger partial charge < -0.3 is 20.5 Å². The molecular formula is C12H17ClN2O3. The van der Waals surface area contributed by atoms with Gasteiger partial charge in [0.1, 0.15) is 11.5 Å². The highest BCUT2D eigenvalue weighted by molar-refractivity contribution is 6.32. The quantitative estimate of drug-likeness (QED) is 0.860. The summed E-state index contributed by atoms with van der Waals surface area (Å²) < 4.78 is 10.2. The molecule has 0 bridgehead atoms. The predicted molar refractivity (Wildman–Crippen MR) is 71.5 cm³/mol. The van der Waals surface area contributed by atoms with Crippen LogP contribution in [-0.4, -0.2) is 26.2 Å². The number of halogens is 1. The van der Waals surface area contributed by atoms with Gasteiger partial charge in [0.05, 0.1) is 31.0 Å². The van der Waals surface area contributed by atoms with E-state index in [2.05, 4.69) is 5.32 Å². The summed E-state index contributed by atoms with van der Waals surface area (Å²) in [6.45, 7) is 1.84. The molecular weight excluding hydrogens is 256 g/mol. The van der Waals surface area contributed by atoms with Gasteiger partial charge in [0, 0.05) is 12.1 Å². The number of benzene rings is 1. The maximum Gasteiger partial charge on any atom is 0.241 e. The Morgan fingerprint density at radius 3 is 2.50 bits per heavy atom. The fourth-order valence-corrected chi connectivity index (χ4v) is 1.60. The normalized spacial score (nSPS) is 11.8. The Balaban J connectivity index is 3.03. The number of methoxy groups -OCH3 is 2. The van der Waals surface area contributed by atoms with E-state index in [1.807, 2.05) is 6.92 Å². The number of nitrogens with one attached hydrogen (secondary N) is 1. The number of nitrogens with two attached hydrogens (primary N) is 1. The van der Waals surface area contributed by atoms with Crippen LogP contribution in [0.2, 0.25) is 5.02 Å². The van der Waals surface area contributed by atoms with Crippen LogP contribution < -0.4 is 20.5 Å². The van der Waals surface area contributed by atoms with Gasteiger partial charge in [-0.1, -0.05) is 18.5 Å². The average Bonchev–Trinajstić information content (AvgIpc) is 2.38. The van der Waals surface area contributed by atoms with E-state index >= 15 is 0 Å². The summed E-state index contributed by atoms with van der Waals surface area (Å²) in [5.41, 5.74) is 6.13. The second-order valence-electron chi connectivity index (χ2n) is 3.69. The highest BCUT2D eigenvalue weighted by Crippen LogP contribution is 2.35. The molecule has 1 amide bonds. The number of carbonyl (C=O) groups is 1. The van der Waals surface area contributed by atoms with Crippen LogP contribution in [0.4, 0.5) is 5.69 Å². The van der Waals surface area contributed by atoms with Crippen molar-refractivity contribution in [3.05, 3.63) is 17.2 Å². The summed E-state index contributed by atoms with van der Waals surface area (Å²) in [5.74, 6) is 0.635. The van der Waals surface area contributed by atoms with Crippen LogP contribution in [0, 0.1) is 0 Å². The van der Waals surface area contributed by atoms with Gasteiger partial charge in [0.15, 0.2) is 0 Å². The number of anilines is 1. The molecule has 1 rings (SSSR count). The highest BCUT2D eigenvalue weighted by Gasteiger charge is 2.15. The number of rotatable bonds is 5. The third kappa shape index (κ3) is 3.27. The molecule has 0 aliphatic carbocycles. The second-order valence-corrected chi connectivity index (χ2v) is 4.10. The smallest absolute Gasteiger partial charge is 0.241 e. The molecule has 18 heavy (non-hydrogen) atoms. The van der Waals surface area contributed by atoms with Crippen molar-refractivity contribution in [2.24, 2.45) is 5.73 Å². The minimum Gasteiger partial charge on any atom is -0.495 e. The molecule has 0 fully saturated rings. The van der Waals surface area contributed by atoms with Gasteiger partial charge in [-0.2, -0.15) is 0 Å². The van der Waals surface area contributed by atoms with E-state index in [-0.39, 0.29) is 5.91 Å². The molecule has 0 radical (unpaired) electrons. The van der Waals surface area contributed by atoms with Gasteiger partial charge in [-0.05, 0) is 6.42 Å². The van der Waals surface area contributed by atoms with Crippen molar-refractivity contribution in [2.45, 2.75) is 19.4 Å². The maximum absolute atomic E-state index is 11.7. The number of ether oxygens (including phenoxy) is 2. The zero-order valence-electron chi connectivity index (χ0n) is 10.6. The van der Waals surface area contributed by atoms with Crippen LogP contribution in [0.3, 0.4) is 0 Å². The fraction of sp³-hybridized carbons (Fsp3) is 0.417. The lowest BCUT2D eigenvalue weighted by Crippen LogP contribution is -2.34. The summed E-state index contributed by atoms with van der Waals surface area (Å²) in [6, 6.07) is 2.62. The Bertz CT molecular complexity index is 438. The van der Waals surface area contributed by atoms with Crippen LogP contribution in [0.1, 0.15) is 13.3 Å². The van der Waals surface area contributed by atoms with Gasteiger partial charge in [0.2, 0.25) is 5.91 Å². The van der Waals surface area contributed by atoms with E-state index in [0.29, 0.717) is 28.6 Å². The first-order chi connectivity index (χ1) is 8.53.